The highest BCUT2D eigenvalue weighted by Gasteiger charge is 2.23. The van der Waals surface area contributed by atoms with Crippen LogP contribution in [0.2, 0.25) is 0 Å². The van der Waals surface area contributed by atoms with Gasteiger partial charge >= 0.3 is 0 Å². The molecule has 6 nitrogen and oxygen atoms in total. The zero-order chi connectivity index (χ0) is 32.6. The van der Waals surface area contributed by atoms with Gasteiger partial charge in [0.25, 0.3) is 0 Å². The molecule has 6 heteroatoms. The number of carbonyl (C=O) groups excluding carboxylic acids is 1. The molecule has 4 rings (SSSR count). The minimum Gasteiger partial charge on any atom is -0.491 e. The Hall–Kier alpha value is -2.41. The molecule has 2 unspecified atom stereocenters. The van der Waals surface area contributed by atoms with Crippen LogP contribution < -0.4 is 9.47 Å². The molecule has 2 aromatic rings. The fourth-order valence-electron chi connectivity index (χ4n) is 2.35. The highest BCUT2D eigenvalue weighted by molar-refractivity contribution is 5.72. The zero-order valence-electron chi connectivity index (χ0n) is 29.1. The normalized spacial score (nSPS) is 14.7. The van der Waals surface area contributed by atoms with Gasteiger partial charge in [0.15, 0.2) is 0 Å². The summed E-state index contributed by atoms with van der Waals surface area (Å²) >= 11 is 0. The molecule has 0 spiro atoms. The molecule has 2 aromatic carbocycles. The number of hydrogen-bond donors (Lipinski definition) is 0. The van der Waals surface area contributed by atoms with E-state index in [9.17, 15) is 4.79 Å². The number of methoxy groups -OCH3 is 1. The van der Waals surface area contributed by atoms with Crippen LogP contribution in [0.5, 0.6) is 11.5 Å². The molecule has 2 atom stereocenters. The summed E-state index contributed by atoms with van der Waals surface area (Å²) in [6.45, 7) is 23.0. The van der Waals surface area contributed by atoms with Gasteiger partial charge in [0.1, 0.15) is 42.7 Å². The van der Waals surface area contributed by atoms with Crippen LogP contribution in [0.25, 0.3) is 0 Å². The summed E-state index contributed by atoms with van der Waals surface area (Å²) in [6, 6.07) is 16.5. The van der Waals surface area contributed by atoms with E-state index in [4.69, 9.17) is 18.9 Å². The molecular formula is C36H64O6. The molecule has 2 aliphatic heterocycles. The Bertz CT molecular complexity index is 724. The minimum atomic E-state index is 0.167. The van der Waals surface area contributed by atoms with Crippen molar-refractivity contribution in [3.63, 3.8) is 0 Å². The van der Waals surface area contributed by atoms with Gasteiger partial charge in [-0.15, -0.1) is 0 Å². The molecule has 2 aliphatic rings. The van der Waals surface area contributed by atoms with Gasteiger partial charge in [-0.1, -0.05) is 105 Å². The minimum absolute atomic E-state index is 0.167. The Morgan fingerprint density at radius 1 is 0.619 bits per heavy atom. The van der Waals surface area contributed by atoms with Crippen LogP contribution >= 0.6 is 0 Å². The second-order valence-corrected chi connectivity index (χ2v) is 10.1. The highest BCUT2D eigenvalue weighted by Crippen LogP contribution is 2.20. The van der Waals surface area contributed by atoms with Gasteiger partial charge in [0, 0.05) is 14.2 Å². The number of benzene rings is 2. The van der Waals surface area contributed by atoms with Gasteiger partial charge in [0.05, 0.1) is 13.2 Å². The van der Waals surface area contributed by atoms with Crippen LogP contribution in [-0.4, -0.2) is 58.6 Å². The molecule has 0 aliphatic carbocycles. The number of Topliss-reactive ketones (excluding diaryl/α,β-unsaturated/α-hetero) is 1. The van der Waals surface area contributed by atoms with Crippen molar-refractivity contribution >= 4 is 5.78 Å². The Kier molecular flexibility index (Phi) is 34.7. The van der Waals surface area contributed by atoms with Gasteiger partial charge in [-0.3, -0.25) is 0 Å². The molecule has 0 radical (unpaired) electrons. The summed E-state index contributed by atoms with van der Waals surface area (Å²) in [5.41, 5.74) is 2.53. The number of ether oxygens (including phenoxy) is 5. The summed E-state index contributed by atoms with van der Waals surface area (Å²) in [6.07, 6.45) is 6.49. The summed E-state index contributed by atoms with van der Waals surface area (Å²) in [5.74, 6) is 1.96. The van der Waals surface area contributed by atoms with Crippen LogP contribution in [0, 0.1) is 0 Å². The summed E-state index contributed by atoms with van der Waals surface area (Å²) in [5, 5.41) is 0. The largest absolute Gasteiger partial charge is 0.491 e. The lowest BCUT2D eigenvalue weighted by atomic mass is 10.0. The van der Waals surface area contributed by atoms with E-state index in [1.807, 2.05) is 24.3 Å². The van der Waals surface area contributed by atoms with E-state index >= 15 is 0 Å². The molecule has 2 fully saturated rings. The van der Waals surface area contributed by atoms with E-state index in [0.717, 1.165) is 31.1 Å². The second kappa shape index (κ2) is 33.1. The summed E-state index contributed by atoms with van der Waals surface area (Å²) in [7, 11) is 3.25. The predicted octanol–water partition coefficient (Wildman–Crippen LogP) is 9.36. The van der Waals surface area contributed by atoms with Gasteiger partial charge in [0.2, 0.25) is 0 Å². The third-order valence-corrected chi connectivity index (χ3v) is 3.93. The summed E-state index contributed by atoms with van der Waals surface area (Å²) in [4.78, 5) is 9.44. The quantitative estimate of drug-likeness (QED) is 0.284. The molecule has 42 heavy (non-hydrogen) atoms. The summed E-state index contributed by atoms with van der Waals surface area (Å²) < 4.78 is 25.8. The van der Waals surface area contributed by atoms with Crippen molar-refractivity contribution in [3.8, 4) is 11.5 Å². The number of carbonyl (C=O) groups is 1. The average molecular weight is 593 g/mol. The van der Waals surface area contributed by atoms with Crippen LogP contribution in [0.3, 0.4) is 0 Å². The molecule has 0 bridgehead atoms. The lowest BCUT2D eigenvalue weighted by Gasteiger charge is -2.07. The molecule has 244 valence electrons. The van der Waals surface area contributed by atoms with E-state index in [2.05, 4.69) is 84.4 Å². The van der Waals surface area contributed by atoms with Gasteiger partial charge < -0.3 is 28.5 Å². The standard InChI is InChI=1S/C19H20O4.C3H6O.4C3H8.C2H6O/c1-5-16(20-10-18-12-22-18)6-2-14(1)9-15-3-7-17(8-4-15)21-11-19-13-23-19;1-3(2)4;5*1-3-2/h1-8,18-19H,9-13H2;1-2H3;4*3H2,1-2H3;1-2H3. The molecule has 0 saturated carbocycles. The van der Waals surface area contributed by atoms with Crippen molar-refractivity contribution in [1.29, 1.82) is 0 Å². The van der Waals surface area contributed by atoms with Crippen LogP contribution in [-0.2, 0) is 25.4 Å². The topological polar surface area (TPSA) is 69.8 Å². The average Bonchev–Trinajstić information content (AvgIpc) is 3.86. The fourth-order valence-corrected chi connectivity index (χ4v) is 2.35. The Labute approximate surface area is 259 Å². The number of epoxide rings is 2. The van der Waals surface area contributed by atoms with Gasteiger partial charge in [-0.25, -0.2) is 0 Å². The first-order valence-corrected chi connectivity index (χ1v) is 15.7. The lowest BCUT2D eigenvalue weighted by molar-refractivity contribution is -0.115. The third-order valence-electron chi connectivity index (χ3n) is 3.93. The molecule has 2 saturated heterocycles. The first-order chi connectivity index (χ1) is 20.2. The van der Waals surface area contributed by atoms with E-state index in [0.29, 0.717) is 25.4 Å². The first kappa shape index (κ1) is 44.0. The highest BCUT2D eigenvalue weighted by atomic mass is 16.6. The molecular weight excluding hydrogens is 528 g/mol. The maximum atomic E-state index is 9.44. The van der Waals surface area contributed by atoms with E-state index in [-0.39, 0.29) is 5.78 Å². The monoisotopic (exact) mass is 592 g/mol. The zero-order valence-corrected chi connectivity index (χ0v) is 29.1. The smallest absolute Gasteiger partial charge is 0.126 e. The number of ketones is 1. The Morgan fingerprint density at radius 3 is 1.02 bits per heavy atom. The maximum Gasteiger partial charge on any atom is 0.126 e. The van der Waals surface area contributed by atoms with Crippen molar-refractivity contribution in [2.45, 2.75) is 114 Å². The van der Waals surface area contributed by atoms with Crippen LogP contribution in [0.15, 0.2) is 48.5 Å². The maximum absolute atomic E-state index is 9.44. The Morgan fingerprint density at radius 2 is 0.833 bits per heavy atom. The SMILES string of the molecule is CC(C)=O.CCC.CCC.CCC.CCC.COC.c1cc(OCC2CO2)ccc1Cc1ccc(OCC2CO2)cc1. The molecule has 0 aromatic heterocycles. The predicted molar refractivity (Wildman–Crippen MR) is 179 cm³/mol. The number of hydrogen-bond acceptors (Lipinski definition) is 6. The second-order valence-electron chi connectivity index (χ2n) is 10.1. The van der Waals surface area contributed by atoms with Gasteiger partial charge in [-0.2, -0.15) is 0 Å². The van der Waals surface area contributed by atoms with E-state index < -0.39 is 0 Å². The van der Waals surface area contributed by atoms with Crippen LogP contribution in [0.1, 0.15) is 106 Å². The molecule has 0 N–H and O–H groups in total. The van der Waals surface area contributed by atoms with Crippen molar-refractivity contribution in [3.05, 3.63) is 59.7 Å². The van der Waals surface area contributed by atoms with E-state index in [1.165, 1.54) is 50.7 Å². The van der Waals surface area contributed by atoms with Crippen molar-refractivity contribution < 1.29 is 28.5 Å². The fraction of sp³-hybridized carbons (Fsp3) is 0.639. The molecule has 0 amide bonds. The van der Waals surface area contributed by atoms with E-state index in [1.54, 1.807) is 14.2 Å². The van der Waals surface area contributed by atoms with Crippen molar-refractivity contribution in [2.75, 3.05) is 40.6 Å². The van der Waals surface area contributed by atoms with Crippen LogP contribution in [0.4, 0.5) is 0 Å². The number of rotatable bonds is 8. The lowest BCUT2D eigenvalue weighted by Crippen LogP contribution is -2.04. The third kappa shape index (κ3) is 35.6. The molecule has 2 heterocycles. The van der Waals surface area contributed by atoms with Crippen molar-refractivity contribution in [2.24, 2.45) is 0 Å². The van der Waals surface area contributed by atoms with Gasteiger partial charge in [-0.05, 0) is 55.7 Å². The Balaban J connectivity index is -0.000000664. The first-order valence-electron chi connectivity index (χ1n) is 15.7. The van der Waals surface area contributed by atoms with Crippen molar-refractivity contribution in [1.82, 2.24) is 0 Å².